The minimum atomic E-state index is -0.146. The van der Waals surface area contributed by atoms with Crippen molar-refractivity contribution in [2.75, 3.05) is 0 Å². The first-order chi connectivity index (χ1) is 3.68. The Labute approximate surface area is 87.6 Å². The zero-order valence-electron chi connectivity index (χ0n) is 6.68. The smallest absolute Gasteiger partial charge is 0.130 e. The summed E-state index contributed by atoms with van der Waals surface area (Å²) in [5, 5.41) is 0. The summed E-state index contributed by atoms with van der Waals surface area (Å²) in [5.74, 6) is -0.0964. The van der Waals surface area contributed by atoms with E-state index in [-0.39, 0.29) is 58.3 Å². The average molecular weight is 217 g/mol. The van der Waals surface area contributed by atoms with Crippen LogP contribution in [0.25, 0.3) is 0 Å². The van der Waals surface area contributed by atoms with Crippen LogP contribution >= 0.6 is 0 Å². The third kappa shape index (κ3) is 8.44. The molecule has 2 nitrogen and oxygen atoms in total. The Morgan fingerprint density at radius 2 is 2.00 bits per heavy atom. The van der Waals surface area contributed by atoms with E-state index in [1.165, 1.54) is 6.92 Å². The number of rotatable bonds is 3. The molecule has 0 fully saturated rings. The molecule has 0 aliphatic rings. The SMILES string of the molecule is CC(=O)C(C)C[C-]=O.[CH3-].[Y]. The molecular weight excluding hydrogens is 205 g/mol. The molecule has 10 heavy (non-hydrogen) atoms. The fourth-order valence-electron chi connectivity index (χ4n) is 0.269. The molecule has 0 saturated heterocycles. The molecule has 0 amide bonds. The maximum atomic E-state index is 10.4. The molecule has 0 aromatic rings. The van der Waals surface area contributed by atoms with Gasteiger partial charge < -0.3 is 12.2 Å². The molecule has 0 spiro atoms. The van der Waals surface area contributed by atoms with Crippen molar-refractivity contribution in [3.8, 4) is 0 Å². The molecule has 0 heterocycles. The predicted octanol–water partition coefficient (Wildman–Crippen LogP) is 1.16. The van der Waals surface area contributed by atoms with Crippen molar-refractivity contribution in [3.05, 3.63) is 7.43 Å². The normalized spacial score (nSPS) is 10.2. The van der Waals surface area contributed by atoms with Gasteiger partial charge in [0.1, 0.15) is 5.78 Å². The minimum Gasteiger partial charge on any atom is -0.542 e. The summed E-state index contributed by atoms with van der Waals surface area (Å²) < 4.78 is 0. The van der Waals surface area contributed by atoms with Gasteiger partial charge in [-0.25, -0.2) is 0 Å². The van der Waals surface area contributed by atoms with Crippen LogP contribution in [0.2, 0.25) is 0 Å². The number of carbonyl (C=O) groups is 1. The minimum absolute atomic E-state index is 0. The van der Waals surface area contributed by atoms with E-state index in [1.807, 2.05) is 0 Å². The summed E-state index contributed by atoms with van der Waals surface area (Å²) in [6, 6.07) is 0. The van der Waals surface area contributed by atoms with Crippen LogP contribution in [0.5, 0.6) is 0 Å². The molecule has 3 heteroatoms. The molecule has 0 aromatic heterocycles. The van der Waals surface area contributed by atoms with Crippen LogP contribution in [0.3, 0.4) is 0 Å². The van der Waals surface area contributed by atoms with Gasteiger partial charge in [0.2, 0.25) is 0 Å². The zero-order valence-corrected chi connectivity index (χ0v) is 9.52. The van der Waals surface area contributed by atoms with Gasteiger partial charge in [-0.05, 0) is 12.8 Å². The maximum absolute atomic E-state index is 10.4. The van der Waals surface area contributed by atoms with Crippen molar-refractivity contribution in [1.29, 1.82) is 0 Å². The summed E-state index contributed by atoms with van der Waals surface area (Å²) in [6.07, 6.45) is 1.91. The van der Waals surface area contributed by atoms with Crippen LogP contribution in [0.15, 0.2) is 0 Å². The second-order valence-corrected chi connectivity index (χ2v) is 1.86. The number of hydrogen-bond donors (Lipinski definition) is 0. The van der Waals surface area contributed by atoms with Gasteiger partial charge in [-0.1, -0.05) is 6.92 Å². The largest absolute Gasteiger partial charge is 0.542 e. The first-order valence-electron chi connectivity index (χ1n) is 2.54. The van der Waals surface area contributed by atoms with E-state index >= 15 is 0 Å². The Morgan fingerprint density at radius 1 is 1.60 bits per heavy atom. The van der Waals surface area contributed by atoms with Crippen molar-refractivity contribution >= 4 is 12.1 Å². The molecule has 0 bridgehead atoms. The van der Waals surface area contributed by atoms with Gasteiger partial charge in [-0.2, -0.15) is 0 Å². The fraction of sp³-hybridized carbons (Fsp3) is 0.571. The molecular formula is C7H12O2Y-2. The van der Waals surface area contributed by atoms with Gasteiger partial charge in [-0.15, -0.1) is 6.42 Å². The monoisotopic (exact) mass is 217 g/mol. The van der Waals surface area contributed by atoms with Gasteiger partial charge >= 0.3 is 0 Å². The number of hydrogen-bond acceptors (Lipinski definition) is 2. The fourth-order valence-corrected chi connectivity index (χ4v) is 0.269. The molecule has 0 rings (SSSR count). The maximum Gasteiger partial charge on any atom is 0.130 e. The van der Waals surface area contributed by atoms with E-state index in [1.54, 1.807) is 13.2 Å². The van der Waals surface area contributed by atoms with Crippen molar-refractivity contribution in [3.63, 3.8) is 0 Å². The Bertz CT molecular complexity index is 102. The van der Waals surface area contributed by atoms with Crippen LogP contribution < -0.4 is 0 Å². The molecule has 0 aromatic carbocycles. The molecule has 1 unspecified atom stereocenters. The average Bonchev–Trinajstić information content (AvgIpc) is 1.67. The third-order valence-electron chi connectivity index (χ3n) is 1.08. The summed E-state index contributed by atoms with van der Waals surface area (Å²) in [6.45, 7) is 3.19. The van der Waals surface area contributed by atoms with Gasteiger partial charge in [-0.3, -0.25) is 11.1 Å². The Morgan fingerprint density at radius 3 is 2.10 bits per heavy atom. The molecule has 0 aliphatic carbocycles. The molecule has 0 aliphatic heterocycles. The summed E-state index contributed by atoms with van der Waals surface area (Å²) in [4.78, 5) is 20.0. The van der Waals surface area contributed by atoms with Crippen LogP contribution in [0, 0.1) is 13.3 Å². The molecule has 0 saturated carbocycles. The van der Waals surface area contributed by atoms with E-state index in [2.05, 4.69) is 0 Å². The number of ketones is 1. The van der Waals surface area contributed by atoms with Crippen molar-refractivity contribution in [2.24, 2.45) is 5.92 Å². The Kier molecular flexibility index (Phi) is 15.9. The van der Waals surface area contributed by atoms with E-state index < -0.39 is 0 Å². The first kappa shape index (κ1) is 16.8. The van der Waals surface area contributed by atoms with Crippen LogP contribution in [0.4, 0.5) is 0 Å². The van der Waals surface area contributed by atoms with E-state index in [0.717, 1.165) is 0 Å². The van der Waals surface area contributed by atoms with Gasteiger partial charge in [0.05, 0.1) is 0 Å². The van der Waals surface area contributed by atoms with E-state index in [9.17, 15) is 9.59 Å². The third-order valence-corrected chi connectivity index (χ3v) is 1.08. The summed E-state index contributed by atoms with van der Waals surface area (Å²) >= 11 is 0. The topological polar surface area (TPSA) is 34.1 Å². The van der Waals surface area contributed by atoms with Crippen LogP contribution in [0.1, 0.15) is 20.3 Å². The van der Waals surface area contributed by atoms with Gasteiger partial charge in [0.15, 0.2) is 0 Å². The molecule has 1 radical (unpaired) electrons. The van der Waals surface area contributed by atoms with Crippen molar-refractivity contribution in [1.82, 2.24) is 0 Å². The second-order valence-electron chi connectivity index (χ2n) is 1.86. The predicted molar refractivity (Wildman–Crippen MR) is 36.6 cm³/mol. The standard InChI is InChI=1S/C6H9O2.CH3.Y/c1-5(3-4-7)6(2)8;;/h5H,3H2,1-2H3;1H3;/q2*-1;. The quantitative estimate of drug-likeness (QED) is 0.664. The number of Topliss-reactive ketones (excluding diaryl/α,β-unsaturated/α-hetero) is 1. The van der Waals surface area contributed by atoms with Gasteiger partial charge in [0, 0.05) is 32.7 Å². The van der Waals surface area contributed by atoms with Crippen LogP contribution in [-0.4, -0.2) is 12.1 Å². The van der Waals surface area contributed by atoms with Crippen molar-refractivity contribution < 1.29 is 42.3 Å². The number of carbonyl (C=O) groups excluding carboxylic acids is 2. The summed E-state index contributed by atoms with van der Waals surface area (Å²) in [7, 11) is 0. The van der Waals surface area contributed by atoms with Crippen LogP contribution in [-0.2, 0) is 42.3 Å². The summed E-state index contributed by atoms with van der Waals surface area (Å²) in [5.41, 5.74) is 0. The van der Waals surface area contributed by atoms with E-state index in [4.69, 9.17) is 0 Å². The molecule has 57 valence electrons. The van der Waals surface area contributed by atoms with E-state index in [0.29, 0.717) is 0 Å². The second kappa shape index (κ2) is 9.44. The molecule has 1 atom stereocenters. The van der Waals surface area contributed by atoms with Gasteiger partial charge in [0.25, 0.3) is 0 Å². The van der Waals surface area contributed by atoms with Crippen molar-refractivity contribution in [2.45, 2.75) is 20.3 Å². The first-order valence-corrected chi connectivity index (χ1v) is 2.54. The Balaban J connectivity index is -0.000000245. The molecule has 0 N–H and O–H groups in total. The Hall–Kier alpha value is 0.444. The zero-order chi connectivity index (χ0) is 6.57.